The van der Waals surface area contributed by atoms with Crippen LogP contribution < -0.4 is 0 Å². The van der Waals surface area contributed by atoms with Crippen molar-refractivity contribution in [3.05, 3.63) is 29.8 Å². The Morgan fingerprint density at radius 3 is 2.83 bits per heavy atom. The fraction of sp³-hybridized carbons (Fsp3) is 0.571. The lowest BCUT2D eigenvalue weighted by atomic mass is 10.1. The van der Waals surface area contributed by atoms with Crippen molar-refractivity contribution >= 4 is 11.8 Å². The summed E-state index contributed by atoms with van der Waals surface area (Å²) in [6.07, 6.45) is 0.621. The van der Waals surface area contributed by atoms with E-state index in [9.17, 15) is 5.11 Å². The van der Waals surface area contributed by atoms with Crippen molar-refractivity contribution < 1.29 is 14.6 Å². The second-order valence-corrected chi connectivity index (χ2v) is 5.22. The third-order valence-electron chi connectivity index (χ3n) is 2.47. The predicted molar refractivity (Wildman–Crippen MR) is 75.1 cm³/mol. The lowest BCUT2D eigenvalue weighted by molar-refractivity contribution is 0.0713. The SMILES string of the molecule is COCCOCCCSc1cccc(C(C)O)c1. The summed E-state index contributed by atoms with van der Waals surface area (Å²) in [6.45, 7) is 3.88. The van der Waals surface area contributed by atoms with Gasteiger partial charge in [-0.3, -0.25) is 0 Å². The highest BCUT2D eigenvalue weighted by Crippen LogP contribution is 2.22. The lowest BCUT2D eigenvalue weighted by Crippen LogP contribution is -2.03. The molecule has 1 N–H and O–H groups in total. The molecular formula is C14H22O3S. The number of methoxy groups -OCH3 is 1. The molecule has 0 bridgehead atoms. The van der Waals surface area contributed by atoms with E-state index in [4.69, 9.17) is 9.47 Å². The number of aliphatic hydroxyl groups excluding tert-OH is 1. The van der Waals surface area contributed by atoms with Gasteiger partial charge in [-0.2, -0.15) is 0 Å². The Morgan fingerprint density at radius 1 is 1.28 bits per heavy atom. The largest absolute Gasteiger partial charge is 0.389 e. The molecule has 18 heavy (non-hydrogen) atoms. The molecule has 0 saturated carbocycles. The smallest absolute Gasteiger partial charge is 0.0762 e. The molecule has 1 rings (SSSR count). The summed E-state index contributed by atoms with van der Waals surface area (Å²) in [5.74, 6) is 1.02. The number of hydrogen-bond acceptors (Lipinski definition) is 4. The van der Waals surface area contributed by atoms with E-state index < -0.39 is 6.10 Å². The van der Waals surface area contributed by atoms with Gasteiger partial charge in [-0.1, -0.05) is 12.1 Å². The van der Waals surface area contributed by atoms with E-state index >= 15 is 0 Å². The molecule has 1 atom stereocenters. The molecule has 0 amide bonds. The summed E-state index contributed by atoms with van der Waals surface area (Å²) in [7, 11) is 1.67. The molecule has 1 aromatic rings. The Hall–Kier alpha value is -0.550. The van der Waals surface area contributed by atoms with Gasteiger partial charge in [0.15, 0.2) is 0 Å². The fourth-order valence-electron chi connectivity index (χ4n) is 1.46. The molecule has 4 heteroatoms. The second kappa shape index (κ2) is 9.39. The van der Waals surface area contributed by atoms with Crippen molar-refractivity contribution in [2.24, 2.45) is 0 Å². The average molecular weight is 270 g/mol. The van der Waals surface area contributed by atoms with E-state index in [0.717, 1.165) is 24.3 Å². The van der Waals surface area contributed by atoms with Crippen LogP contribution in [-0.4, -0.2) is 37.8 Å². The average Bonchev–Trinajstić information content (AvgIpc) is 2.38. The third-order valence-corrected chi connectivity index (χ3v) is 3.55. The lowest BCUT2D eigenvalue weighted by Gasteiger charge is -2.07. The van der Waals surface area contributed by atoms with Gasteiger partial charge >= 0.3 is 0 Å². The highest BCUT2D eigenvalue weighted by atomic mass is 32.2. The zero-order valence-corrected chi connectivity index (χ0v) is 11.9. The Kier molecular flexibility index (Phi) is 8.09. The quantitative estimate of drug-likeness (QED) is 0.553. The zero-order chi connectivity index (χ0) is 13.2. The van der Waals surface area contributed by atoms with Gasteiger partial charge in [0.25, 0.3) is 0 Å². The minimum Gasteiger partial charge on any atom is -0.389 e. The minimum absolute atomic E-state index is 0.400. The summed E-state index contributed by atoms with van der Waals surface area (Å²) >= 11 is 1.79. The van der Waals surface area contributed by atoms with Gasteiger partial charge in [0.2, 0.25) is 0 Å². The first-order valence-corrected chi connectivity index (χ1v) is 7.20. The Bertz CT molecular complexity index is 329. The first kappa shape index (κ1) is 15.5. The molecule has 0 aromatic heterocycles. The Balaban J connectivity index is 2.17. The van der Waals surface area contributed by atoms with Crippen LogP contribution in [0.15, 0.2) is 29.2 Å². The molecule has 1 unspecified atom stereocenters. The molecule has 0 aliphatic carbocycles. The number of rotatable bonds is 9. The van der Waals surface area contributed by atoms with Crippen molar-refractivity contribution in [3.8, 4) is 0 Å². The monoisotopic (exact) mass is 270 g/mol. The fourth-order valence-corrected chi connectivity index (χ4v) is 2.35. The predicted octanol–water partition coefficient (Wildman–Crippen LogP) is 2.89. The van der Waals surface area contributed by atoms with E-state index in [1.54, 1.807) is 25.8 Å². The summed E-state index contributed by atoms with van der Waals surface area (Å²) in [5.41, 5.74) is 0.969. The van der Waals surface area contributed by atoms with Crippen LogP contribution in [0.25, 0.3) is 0 Å². The van der Waals surface area contributed by atoms with Gasteiger partial charge in [0.05, 0.1) is 19.3 Å². The highest BCUT2D eigenvalue weighted by Gasteiger charge is 2.01. The molecule has 3 nitrogen and oxygen atoms in total. The summed E-state index contributed by atoms with van der Waals surface area (Å²) < 4.78 is 10.3. The normalized spacial score (nSPS) is 12.6. The highest BCUT2D eigenvalue weighted by molar-refractivity contribution is 7.99. The summed E-state index contributed by atoms with van der Waals surface area (Å²) in [5, 5.41) is 9.50. The van der Waals surface area contributed by atoms with Crippen LogP contribution >= 0.6 is 11.8 Å². The van der Waals surface area contributed by atoms with Crippen LogP contribution in [0.3, 0.4) is 0 Å². The first-order chi connectivity index (χ1) is 8.74. The maximum absolute atomic E-state index is 9.50. The van der Waals surface area contributed by atoms with Gasteiger partial charge in [0, 0.05) is 24.4 Å². The van der Waals surface area contributed by atoms with Gasteiger partial charge in [-0.15, -0.1) is 11.8 Å². The van der Waals surface area contributed by atoms with Gasteiger partial charge < -0.3 is 14.6 Å². The molecule has 0 radical (unpaired) electrons. The first-order valence-electron chi connectivity index (χ1n) is 6.21. The second-order valence-electron chi connectivity index (χ2n) is 4.06. The van der Waals surface area contributed by atoms with E-state index in [2.05, 4.69) is 6.07 Å². The van der Waals surface area contributed by atoms with Crippen LogP contribution in [0, 0.1) is 0 Å². The van der Waals surface area contributed by atoms with E-state index in [0.29, 0.717) is 13.2 Å². The number of hydrogen-bond donors (Lipinski definition) is 1. The minimum atomic E-state index is -0.400. The van der Waals surface area contributed by atoms with Gasteiger partial charge in [-0.25, -0.2) is 0 Å². The van der Waals surface area contributed by atoms with Crippen molar-refractivity contribution in [2.75, 3.05) is 32.7 Å². The number of ether oxygens (including phenoxy) is 2. The molecule has 0 aliphatic heterocycles. The van der Waals surface area contributed by atoms with Crippen LogP contribution in [0.5, 0.6) is 0 Å². The molecule has 1 aromatic carbocycles. The van der Waals surface area contributed by atoms with Crippen molar-refractivity contribution in [2.45, 2.75) is 24.3 Å². The zero-order valence-electron chi connectivity index (χ0n) is 11.1. The van der Waals surface area contributed by atoms with E-state index in [1.807, 2.05) is 18.2 Å². The summed E-state index contributed by atoms with van der Waals surface area (Å²) in [6, 6.07) is 8.05. The van der Waals surface area contributed by atoms with Gasteiger partial charge in [0.1, 0.15) is 0 Å². The Labute approximate surface area is 113 Å². The molecule has 0 fully saturated rings. The van der Waals surface area contributed by atoms with Crippen LogP contribution in [0.2, 0.25) is 0 Å². The molecule has 0 heterocycles. The molecule has 0 saturated heterocycles. The topological polar surface area (TPSA) is 38.7 Å². The number of thioether (sulfide) groups is 1. The third kappa shape index (κ3) is 6.40. The number of benzene rings is 1. The molecular weight excluding hydrogens is 248 g/mol. The summed E-state index contributed by atoms with van der Waals surface area (Å²) in [4.78, 5) is 1.20. The maximum atomic E-state index is 9.50. The van der Waals surface area contributed by atoms with Crippen molar-refractivity contribution in [3.63, 3.8) is 0 Å². The Morgan fingerprint density at radius 2 is 2.11 bits per heavy atom. The standard InChI is InChI=1S/C14H22O3S/c1-12(15)13-5-3-6-14(11-13)18-10-4-7-17-9-8-16-2/h3,5-6,11-12,15H,4,7-10H2,1-2H3. The van der Waals surface area contributed by atoms with E-state index in [-0.39, 0.29) is 0 Å². The molecule has 0 aliphatic rings. The van der Waals surface area contributed by atoms with Crippen LogP contribution in [0.1, 0.15) is 25.0 Å². The van der Waals surface area contributed by atoms with Crippen molar-refractivity contribution in [1.82, 2.24) is 0 Å². The number of aliphatic hydroxyl groups is 1. The van der Waals surface area contributed by atoms with Crippen molar-refractivity contribution in [1.29, 1.82) is 0 Å². The maximum Gasteiger partial charge on any atom is 0.0762 e. The van der Waals surface area contributed by atoms with Crippen LogP contribution in [-0.2, 0) is 9.47 Å². The van der Waals surface area contributed by atoms with Gasteiger partial charge in [-0.05, 0) is 31.0 Å². The molecule has 102 valence electrons. The molecule has 0 spiro atoms. The van der Waals surface area contributed by atoms with E-state index in [1.165, 1.54) is 4.90 Å². The van der Waals surface area contributed by atoms with Crippen LogP contribution in [0.4, 0.5) is 0 Å².